The third-order valence-corrected chi connectivity index (χ3v) is 6.16. The lowest BCUT2D eigenvalue weighted by molar-refractivity contribution is 0.0673. The lowest BCUT2D eigenvalue weighted by atomic mass is 9.79. The second kappa shape index (κ2) is 7.31. The number of piperidine rings is 1. The molecule has 0 N–H and O–H groups in total. The Kier molecular flexibility index (Phi) is 5.09. The molecular formula is C19H27ClN2O3. The number of ether oxygens (including phenoxy) is 3. The number of fused-ring (bicyclic) bond motifs is 1. The van der Waals surface area contributed by atoms with Gasteiger partial charge in [0.15, 0.2) is 11.5 Å². The van der Waals surface area contributed by atoms with E-state index in [1.807, 2.05) is 12.1 Å². The first-order valence-corrected chi connectivity index (χ1v) is 9.57. The topological polar surface area (TPSA) is 34.2 Å². The molecule has 1 aromatic rings. The summed E-state index contributed by atoms with van der Waals surface area (Å²) in [5.74, 6) is 1.57. The van der Waals surface area contributed by atoms with Gasteiger partial charge in [-0.1, -0.05) is 11.6 Å². The van der Waals surface area contributed by atoms with E-state index < -0.39 is 0 Å². The van der Waals surface area contributed by atoms with Crippen molar-refractivity contribution in [3.63, 3.8) is 0 Å². The minimum absolute atomic E-state index is 0.291. The van der Waals surface area contributed by atoms with E-state index in [-0.39, 0.29) is 0 Å². The smallest absolute Gasteiger partial charge is 0.231 e. The van der Waals surface area contributed by atoms with E-state index in [0.717, 1.165) is 54.9 Å². The number of likely N-dealkylation sites (tertiary alicyclic amines) is 2. The van der Waals surface area contributed by atoms with E-state index in [4.69, 9.17) is 25.8 Å². The van der Waals surface area contributed by atoms with Gasteiger partial charge in [-0.3, -0.25) is 4.90 Å². The number of hydrogen-bond acceptors (Lipinski definition) is 5. The van der Waals surface area contributed by atoms with Crippen LogP contribution in [0.2, 0.25) is 5.02 Å². The van der Waals surface area contributed by atoms with Crippen LogP contribution < -0.4 is 9.47 Å². The third-order valence-electron chi connectivity index (χ3n) is 5.81. The molecule has 0 saturated carbocycles. The van der Waals surface area contributed by atoms with Gasteiger partial charge in [0.2, 0.25) is 6.79 Å². The van der Waals surface area contributed by atoms with Gasteiger partial charge in [-0.05, 0) is 49.4 Å². The van der Waals surface area contributed by atoms with E-state index >= 15 is 0 Å². The molecule has 0 radical (unpaired) electrons. The van der Waals surface area contributed by atoms with Gasteiger partial charge in [-0.2, -0.15) is 0 Å². The molecule has 2 saturated heterocycles. The number of benzene rings is 1. The van der Waals surface area contributed by atoms with E-state index in [1.54, 1.807) is 7.11 Å². The maximum Gasteiger partial charge on any atom is 0.231 e. The van der Waals surface area contributed by atoms with Crippen LogP contribution in [0.4, 0.5) is 0 Å². The zero-order valence-corrected chi connectivity index (χ0v) is 15.7. The summed E-state index contributed by atoms with van der Waals surface area (Å²) in [5.41, 5.74) is 1.57. The van der Waals surface area contributed by atoms with Crippen molar-refractivity contribution in [1.29, 1.82) is 0 Å². The Hall–Kier alpha value is -1.01. The fourth-order valence-corrected chi connectivity index (χ4v) is 4.75. The van der Waals surface area contributed by atoms with Gasteiger partial charge in [-0.15, -0.1) is 0 Å². The van der Waals surface area contributed by atoms with Crippen LogP contribution in [0.5, 0.6) is 11.5 Å². The SMILES string of the molecule is COCCN1CCC[C@@]2(CCN(Cc3cc4c(cc3Cl)OCO4)C2)C1. The quantitative estimate of drug-likeness (QED) is 0.800. The second-order valence-electron chi connectivity index (χ2n) is 7.63. The first-order valence-electron chi connectivity index (χ1n) is 9.19. The van der Waals surface area contributed by atoms with Gasteiger partial charge in [0.05, 0.1) is 6.61 Å². The predicted molar refractivity (Wildman–Crippen MR) is 97.5 cm³/mol. The van der Waals surface area contributed by atoms with Crippen LogP contribution in [0.25, 0.3) is 0 Å². The van der Waals surface area contributed by atoms with Gasteiger partial charge in [0, 0.05) is 44.4 Å². The van der Waals surface area contributed by atoms with E-state index in [1.165, 1.54) is 32.4 Å². The van der Waals surface area contributed by atoms with Crippen LogP contribution >= 0.6 is 11.6 Å². The normalized spacial score (nSPS) is 26.6. The number of rotatable bonds is 5. The summed E-state index contributed by atoms with van der Waals surface area (Å²) in [4.78, 5) is 5.12. The highest BCUT2D eigenvalue weighted by atomic mass is 35.5. The molecule has 0 bridgehead atoms. The van der Waals surface area contributed by atoms with Crippen molar-refractivity contribution in [1.82, 2.24) is 9.80 Å². The Balaban J connectivity index is 1.39. The minimum Gasteiger partial charge on any atom is -0.454 e. The molecule has 138 valence electrons. The molecule has 4 rings (SSSR count). The molecule has 2 fully saturated rings. The highest BCUT2D eigenvalue weighted by molar-refractivity contribution is 6.31. The molecular weight excluding hydrogens is 340 g/mol. The Morgan fingerprint density at radius 3 is 2.76 bits per heavy atom. The van der Waals surface area contributed by atoms with Crippen molar-refractivity contribution in [3.8, 4) is 11.5 Å². The van der Waals surface area contributed by atoms with Crippen LogP contribution in [-0.2, 0) is 11.3 Å². The second-order valence-corrected chi connectivity index (χ2v) is 8.04. The standard InChI is InChI=1S/C19H27ClN2O3/c1-23-8-7-21-5-2-3-19(12-21)4-6-22(13-19)11-15-9-17-18(10-16(15)20)25-14-24-17/h9-10H,2-8,11-14H2,1H3/t19-/m1/s1. The largest absolute Gasteiger partial charge is 0.454 e. The van der Waals surface area contributed by atoms with Crippen molar-refractivity contribution in [2.75, 3.05) is 53.2 Å². The molecule has 25 heavy (non-hydrogen) atoms. The zero-order chi connectivity index (χ0) is 17.3. The van der Waals surface area contributed by atoms with Crippen LogP contribution in [0.1, 0.15) is 24.8 Å². The molecule has 0 aromatic heterocycles. The molecule has 6 heteroatoms. The van der Waals surface area contributed by atoms with Crippen LogP contribution in [0.15, 0.2) is 12.1 Å². The summed E-state index contributed by atoms with van der Waals surface area (Å²) >= 11 is 6.46. The Labute approximate surface area is 154 Å². The molecule has 3 aliphatic heterocycles. The predicted octanol–water partition coefficient (Wildman–Crippen LogP) is 3.00. The number of hydrogen-bond donors (Lipinski definition) is 0. The highest BCUT2D eigenvalue weighted by Gasteiger charge is 2.41. The van der Waals surface area contributed by atoms with Crippen LogP contribution in [-0.4, -0.2) is 63.0 Å². The molecule has 1 spiro atoms. The number of nitrogens with zero attached hydrogens (tertiary/aromatic N) is 2. The molecule has 3 heterocycles. The fourth-order valence-electron chi connectivity index (χ4n) is 4.54. The molecule has 0 amide bonds. The number of methoxy groups -OCH3 is 1. The molecule has 1 atom stereocenters. The zero-order valence-electron chi connectivity index (χ0n) is 14.9. The van der Waals surface area contributed by atoms with Crippen molar-refractivity contribution in [2.24, 2.45) is 5.41 Å². The molecule has 3 aliphatic rings. The van der Waals surface area contributed by atoms with Gasteiger partial charge in [-0.25, -0.2) is 0 Å². The average molecular weight is 367 g/mol. The number of halogens is 1. The Morgan fingerprint density at radius 2 is 1.92 bits per heavy atom. The van der Waals surface area contributed by atoms with Crippen molar-refractivity contribution >= 4 is 11.6 Å². The van der Waals surface area contributed by atoms with E-state index in [2.05, 4.69) is 9.80 Å². The Morgan fingerprint density at radius 1 is 1.12 bits per heavy atom. The molecule has 1 aromatic carbocycles. The highest BCUT2D eigenvalue weighted by Crippen LogP contribution is 2.41. The monoisotopic (exact) mass is 366 g/mol. The van der Waals surface area contributed by atoms with Crippen LogP contribution in [0, 0.1) is 5.41 Å². The summed E-state index contributed by atoms with van der Waals surface area (Å²) in [7, 11) is 1.78. The summed E-state index contributed by atoms with van der Waals surface area (Å²) in [6.45, 7) is 7.75. The third kappa shape index (κ3) is 3.75. The maximum absolute atomic E-state index is 6.46. The van der Waals surface area contributed by atoms with Gasteiger partial charge < -0.3 is 19.1 Å². The molecule has 5 nitrogen and oxygen atoms in total. The van der Waals surface area contributed by atoms with Crippen molar-refractivity contribution < 1.29 is 14.2 Å². The summed E-state index contributed by atoms with van der Waals surface area (Å²) in [6, 6.07) is 3.93. The summed E-state index contributed by atoms with van der Waals surface area (Å²) in [6.07, 6.45) is 3.91. The lowest BCUT2D eigenvalue weighted by Gasteiger charge is -2.40. The first-order chi connectivity index (χ1) is 12.2. The summed E-state index contributed by atoms with van der Waals surface area (Å²) < 4.78 is 16.2. The minimum atomic E-state index is 0.291. The van der Waals surface area contributed by atoms with Crippen molar-refractivity contribution in [3.05, 3.63) is 22.7 Å². The molecule has 0 unspecified atom stereocenters. The first kappa shape index (κ1) is 17.4. The maximum atomic E-state index is 6.46. The van der Waals surface area contributed by atoms with Gasteiger partial charge in [0.25, 0.3) is 0 Å². The van der Waals surface area contributed by atoms with Crippen molar-refractivity contribution in [2.45, 2.75) is 25.8 Å². The fraction of sp³-hybridized carbons (Fsp3) is 0.684. The average Bonchev–Trinajstić information content (AvgIpc) is 3.20. The van der Waals surface area contributed by atoms with Gasteiger partial charge >= 0.3 is 0 Å². The van der Waals surface area contributed by atoms with E-state index in [9.17, 15) is 0 Å². The lowest BCUT2D eigenvalue weighted by Crippen LogP contribution is -2.45. The van der Waals surface area contributed by atoms with E-state index in [0.29, 0.717) is 12.2 Å². The molecule has 0 aliphatic carbocycles. The van der Waals surface area contributed by atoms with Gasteiger partial charge in [0.1, 0.15) is 0 Å². The van der Waals surface area contributed by atoms with Crippen LogP contribution in [0.3, 0.4) is 0 Å². The Bertz CT molecular complexity index is 627. The summed E-state index contributed by atoms with van der Waals surface area (Å²) in [5, 5.41) is 0.774.